The Morgan fingerprint density at radius 3 is 2.89 bits per heavy atom. The highest BCUT2D eigenvalue weighted by molar-refractivity contribution is 5.83. The number of Topliss-reactive ketones (excluding diaryl/α,β-unsaturated/α-hetero) is 1. The standard InChI is InChI=1S/C8H12O/c9-8-5-4-6-2-1-3-7(6)8/h6-7H,1-5H2/t6-,7-/m0/s1. The molecule has 1 nitrogen and oxygen atoms in total. The van der Waals surface area contributed by atoms with Crippen molar-refractivity contribution in [3.05, 3.63) is 0 Å². The first kappa shape index (κ1) is 5.45. The second-order valence-corrected chi connectivity index (χ2v) is 3.30. The number of fused-ring (bicyclic) bond motifs is 1. The zero-order valence-electron chi connectivity index (χ0n) is 5.60. The first-order chi connectivity index (χ1) is 4.38. The summed E-state index contributed by atoms with van der Waals surface area (Å²) in [6.45, 7) is 0. The van der Waals surface area contributed by atoms with Crippen LogP contribution >= 0.6 is 0 Å². The molecule has 50 valence electrons. The summed E-state index contributed by atoms with van der Waals surface area (Å²) in [6.07, 6.45) is 5.92. The molecule has 2 aliphatic carbocycles. The number of rotatable bonds is 0. The Bertz CT molecular complexity index is 140. The van der Waals surface area contributed by atoms with E-state index in [-0.39, 0.29) is 0 Å². The van der Waals surface area contributed by atoms with Gasteiger partial charge in [0.1, 0.15) is 5.78 Å². The molecular formula is C8H12O. The molecule has 0 saturated heterocycles. The summed E-state index contributed by atoms with van der Waals surface area (Å²) < 4.78 is 0. The third-order valence-electron chi connectivity index (χ3n) is 2.83. The van der Waals surface area contributed by atoms with Crippen LogP contribution in [-0.4, -0.2) is 5.78 Å². The van der Waals surface area contributed by atoms with E-state index in [9.17, 15) is 4.79 Å². The van der Waals surface area contributed by atoms with Gasteiger partial charge in [-0.2, -0.15) is 0 Å². The molecule has 2 aliphatic rings. The Morgan fingerprint density at radius 2 is 2.11 bits per heavy atom. The van der Waals surface area contributed by atoms with Crippen molar-refractivity contribution in [2.45, 2.75) is 32.1 Å². The van der Waals surface area contributed by atoms with E-state index in [0.717, 1.165) is 12.3 Å². The smallest absolute Gasteiger partial charge is 0.136 e. The van der Waals surface area contributed by atoms with Crippen LogP contribution in [0, 0.1) is 11.8 Å². The molecule has 2 rings (SSSR count). The van der Waals surface area contributed by atoms with Crippen LogP contribution in [0.4, 0.5) is 0 Å². The van der Waals surface area contributed by atoms with Crippen LogP contribution in [0.1, 0.15) is 32.1 Å². The summed E-state index contributed by atoms with van der Waals surface area (Å²) in [6, 6.07) is 0. The quantitative estimate of drug-likeness (QED) is 0.481. The van der Waals surface area contributed by atoms with Crippen LogP contribution in [0.2, 0.25) is 0 Å². The number of ketones is 1. The van der Waals surface area contributed by atoms with Crippen molar-refractivity contribution in [1.29, 1.82) is 0 Å². The van der Waals surface area contributed by atoms with E-state index in [1.165, 1.54) is 25.7 Å². The van der Waals surface area contributed by atoms with Crippen LogP contribution in [0.3, 0.4) is 0 Å². The van der Waals surface area contributed by atoms with E-state index in [2.05, 4.69) is 0 Å². The van der Waals surface area contributed by atoms with E-state index < -0.39 is 0 Å². The third kappa shape index (κ3) is 0.707. The van der Waals surface area contributed by atoms with Gasteiger partial charge in [-0.25, -0.2) is 0 Å². The summed E-state index contributed by atoms with van der Waals surface area (Å²) >= 11 is 0. The highest BCUT2D eigenvalue weighted by Crippen LogP contribution is 2.41. The average molecular weight is 124 g/mol. The van der Waals surface area contributed by atoms with Crippen LogP contribution in [0.15, 0.2) is 0 Å². The minimum atomic E-state index is 0.505. The van der Waals surface area contributed by atoms with E-state index in [0.29, 0.717) is 11.7 Å². The minimum Gasteiger partial charge on any atom is -0.299 e. The first-order valence-corrected chi connectivity index (χ1v) is 3.90. The van der Waals surface area contributed by atoms with E-state index in [1.54, 1.807) is 0 Å². The molecule has 0 unspecified atom stereocenters. The summed E-state index contributed by atoms with van der Waals surface area (Å²) in [4.78, 5) is 11.1. The van der Waals surface area contributed by atoms with Gasteiger partial charge in [-0.3, -0.25) is 4.79 Å². The predicted molar refractivity (Wildman–Crippen MR) is 35.1 cm³/mol. The van der Waals surface area contributed by atoms with Gasteiger partial charge in [0.25, 0.3) is 0 Å². The molecule has 2 atom stereocenters. The molecule has 0 spiro atoms. The molecule has 2 fully saturated rings. The molecule has 9 heavy (non-hydrogen) atoms. The van der Waals surface area contributed by atoms with Crippen molar-refractivity contribution in [2.24, 2.45) is 11.8 Å². The van der Waals surface area contributed by atoms with E-state index >= 15 is 0 Å². The fourth-order valence-corrected chi connectivity index (χ4v) is 2.32. The van der Waals surface area contributed by atoms with Gasteiger partial charge < -0.3 is 0 Å². The second-order valence-electron chi connectivity index (χ2n) is 3.30. The van der Waals surface area contributed by atoms with E-state index in [4.69, 9.17) is 0 Å². The fourth-order valence-electron chi connectivity index (χ4n) is 2.32. The van der Waals surface area contributed by atoms with Crippen LogP contribution < -0.4 is 0 Å². The van der Waals surface area contributed by atoms with Crippen molar-refractivity contribution >= 4 is 5.78 Å². The first-order valence-electron chi connectivity index (χ1n) is 3.90. The van der Waals surface area contributed by atoms with Gasteiger partial charge in [-0.1, -0.05) is 6.42 Å². The van der Waals surface area contributed by atoms with Gasteiger partial charge in [-0.05, 0) is 25.2 Å². The van der Waals surface area contributed by atoms with Gasteiger partial charge in [0, 0.05) is 12.3 Å². The van der Waals surface area contributed by atoms with Crippen molar-refractivity contribution in [1.82, 2.24) is 0 Å². The van der Waals surface area contributed by atoms with Crippen LogP contribution in [-0.2, 0) is 4.79 Å². The summed E-state index contributed by atoms with van der Waals surface area (Å²) in [7, 11) is 0. The van der Waals surface area contributed by atoms with Crippen LogP contribution in [0.5, 0.6) is 0 Å². The monoisotopic (exact) mass is 124 g/mol. The molecule has 0 aromatic rings. The van der Waals surface area contributed by atoms with Gasteiger partial charge in [-0.15, -0.1) is 0 Å². The molecule has 0 amide bonds. The maximum Gasteiger partial charge on any atom is 0.136 e. The maximum atomic E-state index is 11.1. The molecular weight excluding hydrogens is 112 g/mol. The molecule has 2 saturated carbocycles. The Morgan fingerprint density at radius 1 is 1.22 bits per heavy atom. The number of carbonyl (C=O) groups is 1. The van der Waals surface area contributed by atoms with E-state index in [1.807, 2.05) is 0 Å². The molecule has 0 heterocycles. The topological polar surface area (TPSA) is 17.1 Å². The zero-order chi connectivity index (χ0) is 6.27. The van der Waals surface area contributed by atoms with Gasteiger partial charge in [0.15, 0.2) is 0 Å². The van der Waals surface area contributed by atoms with Crippen LogP contribution in [0.25, 0.3) is 0 Å². The normalized spacial score (nSPS) is 41.6. The lowest BCUT2D eigenvalue weighted by atomic mass is 10.0. The molecule has 0 aromatic heterocycles. The maximum absolute atomic E-state index is 11.1. The average Bonchev–Trinajstić information content (AvgIpc) is 2.35. The Hall–Kier alpha value is -0.330. The summed E-state index contributed by atoms with van der Waals surface area (Å²) in [5.41, 5.74) is 0. The van der Waals surface area contributed by atoms with Crippen molar-refractivity contribution in [3.63, 3.8) is 0 Å². The molecule has 0 N–H and O–H groups in total. The SMILES string of the molecule is O=C1CC[C@@H]2CCC[C@H]12. The lowest BCUT2D eigenvalue weighted by molar-refractivity contribution is -0.120. The van der Waals surface area contributed by atoms with Crippen molar-refractivity contribution in [3.8, 4) is 0 Å². The molecule has 0 bridgehead atoms. The highest BCUT2D eigenvalue weighted by Gasteiger charge is 2.37. The minimum absolute atomic E-state index is 0.505. The molecule has 0 aromatic carbocycles. The molecule has 0 aliphatic heterocycles. The number of hydrogen-bond donors (Lipinski definition) is 0. The molecule has 0 radical (unpaired) electrons. The summed E-state index contributed by atoms with van der Waals surface area (Å²) in [5.74, 6) is 1.86. The Labute approximate surface area is 55.4 Å². The largest absolute Gasteiger partial charge is 0.299 e. The second kappa shape index (κ2) is 1.83. The Balaban J connectivity index is 2.15. The highest BCUT2D eigenvalue weighted by atomic mass is 16.1. The van der Waals surface area contributed by atoms with Gasteiger partial charge in [0.05, 0.1) is 0 Å². The van der Waals surface area contributed by atoms with Gasteiger partial charge >= 0.3 is 0 Å². The molecule has 1 heteroatoms. The fraction of sp³-hybridized carbons (Fsp3) is 0.875. The zero-order valence-corrected chi connectivity index (χ0v) is 5.60. The Kier molecular flexibility index (Phi) is 1.11. The third-order valence-corrected chi connectivity index (χ3v) is 2.83. The van der Waals surface area contributed by atoms with Crippen molar-refractivity contribution in [2.75, 3.05) is 0 Å². The predicted octanol–water partition coefficient (Wildman–Crippen LogP) is 1.77. The summed E-state index contributed by atoms with van der Waals surface area (Å²) in [5, 5.41) is 0. The lowest BCUT2D eigenvalue weighted by Crippen LogP contribution is -2.06. The lowest BCUT2D eigenvalue weighted by Gasteiger charge is -2.03. The van der Waals surface area contributed by atoms with Crippen molar-refractivity contribution < 1.29 is 4.79 Å². The number of hydrogen-bond acceptors (Lipinski definition) is 1. The number of carbonyl (C=O) groups excluding carboxylic acids is 1. The van der Waals surface area contributed by atoms with Gasteiger partial charge in [0.2, 0.25) is 0 Å².